The lowest BCUT2D eigenvalue weighted by Gasteiger charge is -2.11. The van der Waals surface area contributed by atoms with Crippen LogP contribution in [0.3, 0.4) is 0 Å². The van der Waals surface area contributed by atoms with Crippen molar-refractivity contribution >= 4 is 5.91 Å². The van der Waals surface area contributed by atoms with E-state index >= 15 is 0 Å². The standard InChI is InChI=1S/C6H10N2O.C2H6/c1-3-8-4-6(9)7-5(8)2;1-2/h2-4H2,1H3,(H,7,9);1-2H3. The molecule has 0 saturated carbocycles. The van der Waals surface area contributed by atoms with Crippen LogP contribution in [-0.2, 0) is 4.79 Å². The molecule has 11 heavy (non-hydrogen) atoms. The Morgan fingerprint density at radius 1 is 1.64 bits per heavy atom. The lowest BCUT2D eigenvalue weighted by molar-refractivity contribution is -0.118. The van der Waals surface area contributed by atoms with Crippen molar-refractivity contribution < 1.29 is 4.79 Å². The molecule has 1 saturated heterocycles. The summed E-state index contributed by atoms with van der Waals surface area (Å²) in [7, 11) is 0. The number of rotatable bonds is 1. The van der Waals surface area contributed by atoms with Crippen LogP contribution in [0, 0.1) is 0 Å². The first kappa shape index (κ1) is 10.0. The highest BCUT2D eigenvalue weighted by Gasteiger charge is 2.18. The number of amides is 1. The largest absolute Gasteiger partial charge is 0.350 e. The van der Waals surface area contributed by atoms with E-state index in [2.05, 4.69) is 11.9 Å². The van der Waals surface area contributed by atoms with Gasteiger partial charge >= 0.3 is 0 Å². The Bertz CT molecular complexity index is 154. The lowest BCUT2D eigenvalue weighted by atomic mass is 10.5. The van der Waals surface area contributed by atoms with Crippen LogP contribution in [0.25, 0.3) is 0 Å². The van der Waals surface area contributed by atoms with Crippen molar-refractivity contribution in [3.8, 4) is 0 Å². The van der Waals surface area contributed by atoms with Gasteiger partial charge in [-0.05, 0) is 6.92 Å². The van der Waals surface area contributed by atoms with E-state index in [1.807, 2.05) is 25.7 Å². The molecule has 1 aliphatic rings. The normalized spacial score (nSPS) is 15.7. The maximum Gasteiger partial charge on any atom is 0.245 e. The first-order valence-corrected chi connectivity index (χ1v) is 3.97. The summed E-state index contributed by atoms with van der Waals surface area (Å²) in [5, 5.41) is 2.61. The monoisotopic (exact) mass is 156 g/mol. The fourth-order valence-electron chi connectivity index (χ4n) is 0.851. The number of nitrogens with one attached hydrogen (secondary N) is 1. The van der Waals surface area contributed by atoms with Crippen molar-refractivity contribution in [3.63, 3.8) is 0 Å². The molecule has 0 aromatic carbocycles. The average Bonchev–Trinajstić information content (AvgIpc) is 2.33. The van der Waals surface area contributed by atoms with Crippen LogP contribution in [0.2, 0.25) is 0 Å². The Balaban J connectivity index is 0.000000461. The Kier molecular flexibility index (Phi) is 4.34. The molecule has 3 nitrogen and oxygen atoms in total. The van der Waals surface area contributed by atoms with Gasteiger partial charge in [0.25, 0.3) is 0 Å². The minimum absolute atomic E-state index is 0.0434. The molecule has 1 aliphatic heterocycles. The highest BCUT2D eigenvalue weighted by molar-refractivity contribution is 5.82. The van der Waals surface area contributed by atoms with Gasteiger partial charge in [0.1, 0.15) is 5.82 Å². The summed E-state index contributed by atoms with van der Waals surface area (Å²) < 4.78 is 0. The maximum absolute atomic E-state index is 10.6. The summed E-state index contributed by atoms with van der Waals surface area (Å²) >= 11 is 0. The quantitative estimate of drug-likeness (QED) is 0.612. The number of nitrogens with zero attached hydrogens (tertiary/aromatic N) is 1. The summed E-state index contributed by atoms with van der Waals surface area (Å²) in [6.45, 7) is 11.0. The number of likely N-dealkylation sites (N-methyl/N-ethyl adjacent to an activating group) is 1. The third-order valence-corrected chi connectivity index (χ3v) is 1.38. The summed E-state index contributed by atoms with van der Waals surface area (Å²) in [6.07, 6.45) is 0. The molecule has 1 heterocycles. The molecule has 3 heteroatoms. The molecule has 0 bridgehead atoms. The zero-order valence-corrected chi connectivity index (χ0v) is 7.48. The highest BCUT2D eigenvalue weighted by Crippen LogP contribution is 2.03. The van der Waals surface area contributed by atoms with E-state index in [0.717, 1.165) is 12.4 Å². The van der Waals surface area contributed by atoms with Gasteiger partial charge in [0.15, 0.2) is 0 Å². The summed E-state index contributed by atoms with van der Waals surface area (Å²) in [6, 6.07) is 0. The van der Waals surface area contributed by atoms with E-state index in [1.165, 1.54) is 0 Å². The van der Waals surface area contributed by atoms with Gasteiger partial charge < -0.3 is 10.2 Å². The fourth-order valence-corrected chi connectivity index (χ4v) is 0.851. The lowest BCUT2D eigenvalue weighted by Crippen LogP contribution is -2.18. The van der Waals surface area contributed by atoms with Gasteiger partial charge in [0, 0.05) is 6.54 Å². The minimum Gasteiger partial charge on any atom is -0.350 e. The predicted octanol–water partition coefficient (Wildman–Crippen LogP) is 0.935. The summed E-state index contributed by atoms with van der Waals surface area (Å²) in [5.41, 5.74) is 0. The molecule has 0 spiro atoms. The summed E-state index contributed by atoms with van der Waals surface area (Å²) in [4.78, 5) is 12.5. The van der Waals surface area contributed by atoms with Crippen molar-refractivity contribution in [2.24, 2.45) is 0 Å². The first-order valence-electron chi connectivity index (χ1n) is 3.97. The second-order valence-electron chi connectivity index (χ2n) is 2.01. The topological polar surface area (TPSA) is 32.3 Å². The number of hydrogen-bond donors (Lipinski definition) is 1. The molecule has 0 aromatic heterocycles. The van der Waals surface area contributed by atoms with E-state index in [0.29, 0.717) is 6.54 Å². The SMILES string of the molecule is C=C1NC(=O)CN1CC.CC. The van der Waals surface area contributed by atoms with Crippen molar-refractivity contribution in [2.45, 2.75) is 20.8 Å². The molecule has 64 valence electrons. The zero-order valence-electron chi connectivity index (χ0n) is 7.48. The van der Waals surface area contributed by atoms with Crippen LogP contribution in [0.4, 0.5) is 0 Å². The van der Waals surface area contributed by atoms with Gasteiger partial charge in [-0.1, -0.05) is 20.4 Å². The molecule has 1 N–H and O–H groups in total. The first-order chi connectivity index (χ1) is 5.24. The summed E-state index contributed by atoms with van der Waals surface area (Å²) in [5.74, 6) is 0.768. The van der Waals surface area contributed by atoms with Crippen molar-refractivity contribution in [2.75, 3.05) is 13.1 Å². The maximum atomic E-state index is 10.6. The Morgan fingerprint density at radius 3 is 2.36 bits per heavy atom. The van der Waals surface area contributed by atoms with E-state index in [1.54, 1.807) is 0 Å². The van der Waals surface area contributed by atoms with Crippen molar-refractivity contribution in [1.29, 1.82) is 0 Å². The highest BCUT2D eigenvalue weighted by atomic mass is 16.2. The predicted molar refractivity (Wildman–Crippen MR) is 45.9 cm³/mol. The number of hydrogen-bond acceptors (Lipinski definition) is 2. The van der Waals surface area contributed by atoms with Gasteiger partial charge in [0.2, 0.25) is 5.91 Å². The molecular weight excluding hydrogens is 140 g/mol. The van der Waals surface area contributed by atoms with Gasteiger partial charge in [-0.2, -0.15) is 0 Å². The van der Waals surface area contributed by atoms with Crippen molar-refractivity contribution in [1.82, 2.24) is 10.2 Å². The number of carbonyl (C=O) groups is 1. The minimum atomic E-state index is 0.0434. The Morgan fingerprint density at radius 2 is 2.18 bits per heavy atom. The molecule has 0 unspecified atom stereocenters. The van der Waals surface area contributed by atoms with Crippen LogP contribution >= 0.6 is 0 Å². The molecule has 0 aliphatic carbocycles. The zero-order chi connectivity index (χ0) is 8.85. The van der Waals surface area contributed by atoms with Crippen LogP contribution in [0.5, 0.6) is 0 Å². The molecular formula is C8H16N2O. The van der Waals surface area contributed by atoms with Gasteiger partial charge in [0.05, 0.1) is 6.54 Å². The van der Waals surface area contributed by atoms with Gasteiger partial charge in [-0.15, -0.1) is 0 Å². The molecule has 0 atom stereocenters. The van der Waals surface area contributed by atoms with E-state index in [-0.39, 0.29) is 5.91 Å². The molecule has 1 fully saturated rings. The Hall–Kier alpha value is -0.990. The molecule has 1 amide bonds. The van der Waals surface area contributed by atoms with E-state index < -0.39 is 0 Å². The van der Waals surface area contributed by atoms with Crippen LogP contribution < -0.4 is 5.32 Å². The van der Waals surface area contributed by atoms with Crippen LogP contribution in [-0.4, -0.2) is 23.9 Å². The third-order valence-electron chi connectivity index (χ3n) is 1.38. The van der Waals surface area contributed by atoms with Gasteiger partial charge in [-0.25, -0.2) is 0 Å². The molecule has 0 radical (unpaired) electrons. The smallest absolute Gasteiger partial charge is 0.245 e. The second-order valence-corrected chi connectivity index (χ2v) is 2.01. The fraction of sp³-hybridized carbons (Fsp3) is 0.625. The van der Waals surface area contributed by atoms with E-state index in [9.17, 15) is 4.79 Å². The average molecular weight is 156 g/mol. The van der Waals surface area contributed by atoms with Crippen LogP contribution in [0.1, 0.15) is 20.8 Å². The van der Waals surface area contributed by atoms with Gasteiger partial charge in [-0.3, -0.25) is 4.79 Å². The van der Waals surface area contributed by atoms with Crippen LogP contribution in [0.15, 0.2) is 12.4 Å². The second kappa shape index (κ2) is 4.77. The molecule has 1 rings (SSSR count). The van der Waals surface area contributed by atoms with Crippen molar-refractivity contribution in [3.05, 3.63) is 12.4 Å². The molecule has 0 aromatic rings. The van der Waals surface area contributed by atoms with E-state index in [4.69, 9.17) is 0 Å². The number of carbonyl (C=O) groups excluding carboxylic acids is 1. The Labute approximate surface area is 68.1 Å². The third kappa shape index (κ3) is 2.62.